The lowest BCUT2D eigenvalue weighted by Gasteiger charge is -2.24. The molecule has 0 spiro atoms. The Labute approximate surface area is 207 Å². The largest absolute Gasteiger partial charge is 0.493 e. The van der Waals surface area contributed by atoms with E-state index in [1.54, 1.807) is 31.6 Å². The molecule has 1 aliphatic heterocycles. The zero-order valence-electron chi connectivity index (χ0n) is 19.3. The van der Waals surface area contributed by atoms with Crippen molar-refractivity contribution in [3.05, 3.63) is 93.9 Å². The molecule has 7 heteroatoms. The summed E-state index contributed by atoms with van der Waals surface area (Å²) in [4.78, 5) is 13.8. The molecule has 2 heterocycles. The second-order valence-electron chi connectivity index (χ2n) is 8.25. The van der Waals surface area contributed by atoms with Crippen LogP contribution in [0.25, 0.3) is 11.1 Å². The molecule has 1 N–H and O–H groups in total. The molecule has 0 unspecified atom stereocenters. The lowest BCUT2D eigenvalue weighted by atomic mass is 9.89. The lowest BCUT2D eigenvalue weighted by molar-refractivity contribution is -0.116. The molecule has 5 rings (SSSR count). The maximum Gasteiger partial charge on any atom is 0.225 e. The highest BCUT2D eigenvalue weighted by Gasteiger charge is 2.30. The average Bonchev–Trinajstić information content (AvgIpc) is 3.30. The number of benzene rings is 3. The van der Waals surface area contributed by atoms with Crippen molar-refractivity contribution in [2.75, 3.05) is 19.5 Å². The molecular weight excluding hydrogens is 465 g/mol. The van der Waals surface area contributed by atoms with Gasteiger partial charge in [-0.25, -0.2) is 4.39 Å². The number of carbonyl (C=O) groups is 1. The van der Waals surface area contributed by atoms with Gasteiger partial charge in [0.05, 0.1) is 19.9 Å². The van der Waals surface area contributed by atoms with E-state index in [4.69, 9.17) is 14.2 Å². The maximum absolute atomic E-state index is 13.4. The van der Waals surface area contributed by atoms with Gasteiger partial charge in [-0.05, 0) is 53.1 Å². The van der Waals surface area contributed by atoms with E-state index in [-0.39, 0.29) is 24.2 Å². The second kappa shape index (κ2) is 9.80. The molecule has 178 valence electrons. The van der Waals surface area contributed by atoms with Crippen molar-refractivity contribution >= 4 is 22.9 Å². The van der Waals surface area contributed by atoms with Crippen LogP contribution in [0, 0.1) is 5.82 Å². The minimum atomic E-state index is -0.281. The summed E-state index contributed by atoms with van der Waals surface area (Å²) < 4.78 is 30.0. The van der Waals surface area contributed by atoms with Crippen molar-refractivity contribution < 1.29 is 23.4 Å². The van der Waals surface area contributed by atoms with Gasteiger partial charge in [0.25, 0.3) is 0 Å². The van der Waals surface area contributed by atoms with Crippen LogP contribution in [-0.2, 0) is 11.4 Å². The summed E-state index contributed by atoms with van der Waals surface area (Å²) >= 11 is 1.63. The van der Waals surface area contributed by atoms with Crippen LogP contribution in [0.3, 0.4) is 0 Å². The first kappa shape index (κ1) is 22.9. The predicted octanol–water partition coefficient (Wildman–Crippen LogP) is 6.62. The molecule has 1 aliphatic rings. The second-order valence-corrected chi connectivity index (χ2v) is 9.16. The Bertz CT molecular complexity index is 1370. The standard InChI is InChI=1S/C28H24FNO4S/c1-32-24-11-8-19(13-25(24)33-2)23-16-35-28-22(14-26(31)30-27(23)28)18-6-9-21(10-7-18)34-15-17-4-3-5-20(29)12-17/h3-13,16,22H,14-15H2,1-2H3,(H,30,31)/t22-/m0/s1. The number of methoxy groups -OCH3 is 2. The molecule has 1 aromatic heterocycles. The van der Waals surface area contributed by atoms with Crippen LogP contribution in [-0.4, -0.2) is 20.1 Å². The first-order valence-corrected chi connectivity index (χ1v) is 12.0. The molecule has 35 heavy (non-hydrogen) atoms. The van der Waals surface area contributed by atoms with E-state index < -0.39 is 0 Å². The summed E-state index contributed by atoms with van der Waals surface area (Å²) in [5.41, 5.74) is 4.56. The first-order chi connectivity index (χ1) is 17.1. The van der Waals surface area contributed by atoms with Gasteiger partial charge in [0, 0.05) is 28.2 Å². The molecule has 0 saturated heterocycles. The highest BCUT2D eigenvalue weighted by Crippen LogP contribution is 2.47. The Hall–Kier alpha value is -3.84. The third-order valence-electron chi connectivity index (χ3n) is 6.06. The van der Waals surface area contributed by atoms with Crippen LogP contribution in [0.1, 0.15) is 28.3 Å². The van der Waals surface area contributed by atoms with Crippen LogP contribution >= 0.6 is 11.3 Å². The molecular formula is C28H24FNO4S. The number of amides is 1. The van der Waals surface area contributed by atoms with E-state index in [1.165, 1.54) is 12.1 Å². The summed E-state index contributed by atoms with van der Waals surface area (Å²) in [6, 6.07) is 19.9. The maximum atomic E-state index is 13.4. The number of ether oxygens (including phenoxy) is 3. The topological polar surface area (TPSA) is 56.8 Å². The number of carbonyl (C=O) groups excluding carboxylic acids is 1. The Morgan fingerprint density at radius 2 is 1.80 bits per heavy atom. The van der Waals surface area contributed by atoms with Crippen molar-refractivity contribution in [1.29, 1.82) is 0 Å². The number of nitrogens with one attached hydrogen (secondary N) is 1. The smallest absolute Gasteiger partial charge is 0.225 e. The summed E-state index contributed by atoms with van der Waals surface area (Å²) in [5, 5.41) is 5.14. The van der Waals surface area contributed by atoms with E-state index in [2.05, 4.69) is 10.7 Å². The summed E-state index contributed by atoms with van der Waals surface area (Å²) in [7, 11) is 3.21. The number of hydrogen-bond acceptors (Lipinski definition) is 5. The predicted molar refractivity (Wildman–Crippen MR) is 135 cm³/mol. The third-order valence-corrected chi connectivity index (χ3v) is 7.16. The van der Waals surface area contributed by atoms with Crippen LogP contribution in [0.15, 0.2) is 72.1 Å². The van der Waals surface area contributed by atoms with Gasteiger partial charge in [-0.1, -0.05) is 30.3 Å². The number of fused-ring (bicyclic) bond motifs is 1. The number of hydrogen-bond donors (Lipinski definition) is 1. The van der Waals surface area contributed by atoms with Gasteiger partial charge < -0.3 is 19.5 Å². The van der Waals surface area contributed by atoms with Crippen molar-refractivity contribution in [3.8, 4) is 28.4 Å². The van der Waals surface area contributed by atoms with E-state index in [1.807, 2.05) is 48.5 Å². The van der Waals surface area contributed by atoms with Crippen molar-refractivity contribution in [2.24, 2.45) is 0 Å². The fourth-order valence-electron chi connectivity index (χ4n) is 4.30. The highest BCUT2D eigenvalue weighted by molar-refractivity contribution is 7.11. The summed E-state index contributed by atoms with van der Waals surface area (Å²) in [5.74, 6) is 1.63. The van der Waals surface area contributed by atoms with Gasteiger partial charge >= 0.3 is 0 Å². The lowest BCUT2D eigenvalue weighted by Crippen LogP contribution is -2.22. The molecule has 0 radical (unpaired) electrons. The first-order valence-electron chi connectivity index (χ1n) is 11.2. The quantitative estimate of drug-likeness (QED) is 0.317. The summed E-state index contributed by atoms with van der Waals surface area (Å²) in [6.45, 7) is 0.284. The Morgan fingerprint density at radius 3 is 2.54 bits per heavy atom. The van der Waals surface area contributed by atoms with Crippen molar-refractivity contribution in [3.63, 3.8) is 0 Å². The molecule has 0 aliphatic carbocycles. The molecule has 3 aromatic carbocycles. The van der Waals surface area contributed by atoms with E-state index in [0.29, 0.717) is 23.7 Å². The average molecular weight is 490 g/mol. The van der Waals surface area contributed by atoms with Gasteiger partial charge in [-0.2, -0.15) is 0 Å². The molecule has 0 bridgehead atoms. The van der Waals surface area contributed by atoms with E-state index in [0.717, 1.165) is 32.8 Å². The molecule has 0 saturated carbocycles. The van der Waals surface area contributed by atoms with Gasteiger partial charge in [0.2, 0.25) is 5.91 Å². The number of thiophene rings is 1. The zero-order chi connectivity index (χ0) is 24.4. The minimum absolute atomic E-state index is 0.0194. The molecule has 1 atom stereocenters. The van der Waals surface area contributed by atoms with Crippen LogP contribution in [0.5, 0.6) is 17.2 Å². The fraction of sp³-hybridized carbons (Fsp3) is 0.179. The number of anilines is 1. The van der Waals surface area contributed by atoms with E-state index in [9.17, 15) is 9.18 Å². The van der Waals surface area contributed by atoms with Crippen LogP contribution in [0.2, 0.25) is 0 Å². The van der Waals surface area contributed by atoms with Gasteiger partial charge in [0.15, 0.2) is 11.5 Å². The third kappa shape index (κ3) is 4.72. The molecule has 5 nitrogen and oxygen atoms in total. The Balaban J connectivity index is 1.39. The Morgan fingerprint density at radius 1 is 1.00 bits per heavy atom. The van der Waals surface area contributed by atoms with Crippen molar-refractivity contribution in [2.45, 2.75) is 18.9 Å². The molecule has 0 fully saturated rings. The molecule has 4 aromatic rings. The van der Waals surface area contributed by atoms with Crippen molar-refractivity contribution in [1.82, 2.24) is 0 Å². The number of rotatable bonds is 7. The number of halogens is 1. The van der Waals surface area contributed by atoms with Crippen LogP contribution in [0.4, 0.5) is 10.1 Å². The van der Waals surface area contributed by atoms with Gasteiger partial charge in [-0.3, -0.25) is 4.79 Å². The SMILES string of the molecule is COc1ccc(-c2csc3c2NC(=O)C[C@H]3c2ccc(OCc3cccc(F)c3)cc2)cc1OC. The zero-order valence-corrected chi connectivity index (χ0v) is 20.2. The van der Waals surface area contributed by atoms with Gasteiger partial charge in [0.1, 0.15) is 18.2 Å². The normalized spacial score (nSPS) is 14.7. The van der Waals surface area contributed by atoms with E-state index >= 15 is 0 Å². The van der Waals surface area contributed by atoms with Gasteiger partial charge in [-0.15, -0.1) is 11.3 Å². The Kier molecular flexibility index (Phi) is 6.42. The van der Waals surface area contributed by atoms with Crippen LogP contribution < -0.4 is 19.5 Å². The fourth-order valence-corrected chi connectivity index (χ4v) is 5.46. The highest BCUT2D eigenvalue weighted by atomic mass is 32.1. The summed E-state index contributed by atoms with van der Waals surface area (Å²) in [6.07, 6.45) is 0.377. The molecule has 1 amide bonds. The minimum Gasteiger partial charge on any atom is -0.493 e. The monoisotopic (exact) mass is 489 g/mol.